The molecule has 0 radical (unpaired) electrons. The molecule has 1 fully saturated rings. The number of hydrogen-bond donors (Lipinski definition) is 3. The van der Waals surface area contributed by atoms with Crippen LogP contribution in [-0.2, 0) is 11.2 Å². The Morgan fingerprint density at radius 2 is 1.89 bits per heavy atom. The van der Waals surface area contributed by atoms with Crippen LogP contribution in [0.15, 0.2) is 60.9 Å². The summed E-state index contributed by atoms with van der Waals surface area (Å²) < 4.78 is 1.99. The molecular formula is C28H29N5O3. The van der Waals surface area contributed by atoms with Gasteiger partial charge >= 0.3 is 5.97 Å². The standard InChI is InChI=1S/C28H29N5O3/c1-17(2)14-29-26-27-30-15-24(19-6-8-20(9-7-19)28(36)31-22-10-11-22)33(27)16-23(32-26)21-5-3-4-18(12-21)13-25(34)35/h3-9,12,15-17,22H,10-11,13-14H2,1-2H3,(H,29,32)(H,31,36)(H,34,35). The molecule has 1 aliphatic carbocycles. The van der Waals surface area contributed by atoms with Crippen molar-refractivity contribution in [1.82, 2.24) is 19.7 Å². The third-order valence-corrected chi connectivity index (χ3v) is 6.10. The Kier molecular flexibility index (Phi) is 6.41. The molecule has 36 heavy (non-hydrogen) atoms. The van der Waals surface area contributed by atoms with Gasteiger partial charge in [-0.05, 0) is 42.5 Å². The highest BCUT2D eigenvalue weighted by Gasteiger charge is 2.24. The molecule has 2 heterocycles. The van der Waals surface area contributed by atoms with E-state index < -0.39 is 5.97 Å². The van der Waals surface area contributed by atoms with Gasteiger partial charge in [-0.3, -0.25) is 14.0 Å². The van der Waals surface area contributed by atoms with Crippen LogP contribution in [0.2, 0.25) is 0 Å². The molecule has 8 nitrogen and oxygen atoms in total. The second kappa shape index (κ2) is 9.81. The van der Waals surface area contributed by atoms with Gasteiger partial charge in [-0.15, -0.1) is 0 Å². The van der Waals surface area contributed by atoms with Crippen LogP contribution < -0.4 is 10.6 Å². The van der Waals surface area contributed by atoms with E-state index in [0.717, 1.165) is 36.2 Å². The average molecular weight is 484 g/mol. The lowest BCUT2D eigenvalue weighted by atomic mass is 10.1. The van der Waals surface area contributed by atoms with Crippen LogP contribution in [0.3, 0.4) is 0 Å². The van der Waals surface area contributed by atoms with Gasteiger partial charge in [-0.2, -0.15) is 0 Å². The molecule has 8 heteroatoms. The maximum atomic E-state index is 12.4. The molecular weight excluding hydrogens is 454 g/mol. The molecule has 4 aromatic rings. The topological polar surface area (TPSA) is 109 Å². The van der Waals surface area contributed by atoms with Gasteiger partial charge in [0.25, 0.3) is 5.91 Å². The minimum atomic E-state index is -0.874. The Morgan fingerprint density at radius 3 is 2.58 bits per heavy atom. The average Bonchev–Trinajstić information content (AvgIpc) is 3.57. The second-order valence-corrected chi connectivity index (χ2v) is 9.68. The van der Waals surface area contributed by atoms with E-state index >= 15 is 0 Å². The van der Waals surface area contributed by atoms with Gasteiger partial charge in [-0.25, -0.2) is 9.97 Å². The molecule has 1 saturated carbocycles. The zero-order valence-corrected chi connectivity index (χ0v) is 20.4. The Hall–Kier alpha value is -4.20. The molecule has 0 spiro atoms. The van der Waals surface area contributed by atoms with Gasteiger partial charge in [0.15, 0.2) is 11.5 Å². The van der Waals surface area contributed by atoms with E-state index in [2.05, 4.69) is 29.5 Å². The van der Waals surface area contributed by atoms with E-state index in [1.165, 1.54) is 0 Å². The summed E-state index contributed by atoms with van der Waals surface area (Å²) in [5.74, 6) is 0.158. The first-order chi connectivity index (χ1) is 17.4. The van der Waals surface area contributed by atoms with E-state index in [9.17, 15) is 14.7 Å². The Labute approximate surface area is 209 Å². The molecule has 0 unspecified atom stereocenters. The number of rotatable bonds is 9. The summed E-state index contributed by atoms with van der Waals surface area (Å²) in [6, 6.07) is 15.3. The Balaban J connectivity index is 1.55. The Morgan fingerprint density at radius 1 is 1.11 bits per heavy atom. The van der Waals surface area contributed by atoms with Crippen molar-refractivity contribution in [2.45, 2.75) is 39.2 Å². The molecule has 0 saturated heterocycles. The first kappa shape index (κ1) is 23.5. The van der Waals surface area contributed by atoms with Crippen molar-refractivity contribution >= 4 is 23.3 Å². The number of benzene rings is 2. The monoisotopic (exact) mass is 483 g/mol. The minimum absolute atomic E-state index is 0.0462. The van der Waals surface area contributed by atoms with E-state index in [0.29, 0.717) is 40.2 Å². The van der Waals surface area contributed by atoms with Crippen molar-refractivity contribution in [3.8, 4) is 22.5 Å². The van der Waals surface area contributed by atoms with Crippen LogP contribution in [0, 0.1) is 5.92 Å². The van der Waals surface area contributed by atoms with E-state index in [1.54, 1.807) is 6.07 Å². The first-order valence-corrected chi connectivity index (χ1v) is 12.2. The third kappa shape index (κ3) is 5.22. The number of carbonyl (C=O) groups excluding carboxylic acids is 1. The molecule has 2 aromatic heterocycles. The van der Waals surface area contributed by atoms with Crippen molar-refractivity contribution in [3.05, 3.63) is 72.1 Å². The summed E-state index contributed by atoms with van der Waals surface area (Å²) in [5.41, 5.74) is 5.39. The molecule has 2 aromatic carbocycles. The summed E-state index contributed by atoms with van der Waals surface area (Å²) >= 11 is 0. The number of carboxylic acid groups (broad SMARTS) is 1. The molecule has 184 valence electrons. The van der Waals surface area contributed by atoms with Gasteiger partial charge in [0.1, 0.15) is 0 Å². The maximum absolute atomic E-state index is 12.4. The lowest BCUT2D eigenvalue weighted by molar-refractivity contribution is -0.136. The van der Waals surface area contributed by atoms with Crippen LogP contribution in [0.5, 0.6) is 0 Å². The molecule has 1 aliphatic rings. The van der Waals surface area contributed by atoms with Gasteiger partial charge in [0.05, 0.1) is 24.0 Å². The first-order valence-electron chi connectivity index (χ1n) is 12.2. The fraction of sp³-hybridized carbons (Fsp3) is 0.286. The summed E-state index contributed by atoms with van der Waals surface area (Å²) in [6.45, 7) is 4.99. The number of amides is 1. The van der Waals surface area contributed by atoms with Gasteiger partial charge in [0, 0.05) is 35.5 Å². The SMILES string of the molecule is CC(C)CNc1nc(-c2cccc(CC(=O)O)c2)cn2c(-c3ccc(C(=O)NC4CC4)cc3)cnc12. The third-order valence-electron chi connectivity index (χ3n) is 6.10. The second-order valence-electron chi connectivity index (χ2n) is 9.68. The summed E-state index contributed by atoms with van der Waals surface area (Å²) in [6.07, 6.45) is 5.78. The number of anilines is 1. The number of nitrogens with one attached hydrogen (secondary N) is 2. The van der Waals surface area contributed by atoms with E-state index in [4.69, 9.17) is 4.98 Å². The summed E-state index contributed by atoms with van der Waals surface area (Å²) in [4.78, 5) is 33.1. The fourth-order valence-corrected chi connectivity index (χ4v) is 4.06. The fourth-order valence-electron chi connectivity index (χ4n) is 4.06. The quantitative estimate of drug-likeness (QED) is 0.320. The predicted molar refractivity (Wildman–Crippen MR) is 139 cm³/mol. The smallest absolute Gasteiger partial charge is 0.307 e. The minimum Gasteiger partial charge on any atom is -0.481 e. The number of aliphatic carboxylic acids is 1. The van der Waals surface area contributed by atoms with Crippen LogP contribution in [0.1, 0.15) is 42.6 Å². The number of nitrogens with zero attached hydrogens (tertiary/aromatic N) is 3. The molecule has 0 atom stereocenters. The van der Waals surface area contributed by atoms with Crippen molar-refractivity contribution in [2.24, 2.45) is 5.92 Å². The van der Waals surface area contributed by atoms with Gasteiger partial charge in [-0.1, -0.05) is 44.2 Å². The largest absolute Gasteiger partial charge is 0.481 e. The maximum Gasteiger partial charge on any atom is 0.307 e. The van der Waals surface area contributed by atoms with Crippen LogP contribution in [0.25, 0.3) is 28.2 Å². The molecule has 5 rings (SSSR count). The molecule has 1 amide bonds. The van der Waals surface area contributed by atoms with Crippen LogP contribution in [-0.4, -0.2) is 43.9 Å². The normalized spacial score (nSPS) is 13.2. The Bertz CT molecular complexity index is 1420. The van der Waals surface area contributed by atoms with Crippen LogP contribution in [0.4, 0.5) is 5.82 Å². The number of imidazole rings is 1. The van der Waals surface area contributed by atoms with E-state index in [-0.39, 0.29) is 12.3 Å². The summed E-state index contributed by atoms with van der Waals surface area (Å²) in [7, 11) is 0. The summed E-state index contributed by atoms with van der Waals surface area (Å²) in [5, 5.41) is 15.6. The van der Waals surface area contributed by atoms with Gasteiger partial charge in [0.2, 0.25) is 0 Å². The number of carbonyl (C=O) groups is 2. The molecule has 0 aliphatic heterocycles. The van der Waals surface area contributed by atoms with Gasteiger partial charge < -0.3 is 15.7 Å². The zero-order valence-electron chi connectivity index (χ0n) is 20.4. The highest BCUT2D eigenvalue weighted by molar-refractivity contribution is 5.95. The van der Waals surface area contributed by atoms with Crippen molar-refractivity contribution in [1.29, 1.82) is 0 Å². The van der Waals surface area contributed by atoms with E-state index in [1.807, 2.05) is 59.3 Å². The molecule has 0 bridgehead atoms. The number of hydrogen-bond acceptors (Lipinski definition) is 5. The lowest BCUT2D eigenvalue weighted by Gasteiger charge is -2.13. The highest BCUT2D eigenvalue weighted by atomic mass is 16.4. The van der Waals surface area contributed by atoms with Crippen molar-refractivity contribution in [3.63, 3.8) is 0 Å². The number of carboxylic acids is 1. The zero-order chi connectivity index (χ0) is 25.2. The lowest BCUT2D eigenvalue weighted by Crippen LogP contribution is -2.25. The highest BCUT2D eigenvalue weighted by Crippen LogP contribution is 2.29. The van der Waals surface area contributed by atoms with Crippen molar-refractivity contribution in [2.75, 3.05) is 11.9 Å². The van der Waals surface area contributed by atoms with Crippen LogP contribution >= 0.6 is 0 Å². The molecule has 3 N–H and O–H groups in total. The number of fused-ring (bicyclic) bond motifs is 1. The van der Waals surface area contributed by atoms with Crippen molar-refractivity contribution < 1.29 is 14.7 Å². The number of aromatic nitrogens is 3. The predicted octanol–water partition coefficient (Wildman–Crippen LogP) is 4.65.